The maximum Gasteiger partial charge on any atom is 0.243 e. The molecular weight excluding hydrogens is 302 g/mol. The standard InChI is InChI=1S/C15H20ClN5O/c1-2-3-4-5-9-17-14(22)11-21-19-15(18-20-21)12-7-6-8-13(16)10-12/h6-8,10H,2-5,9,11H2,1H3,(H,17,22). The summed E-state index contributed by atoms with van der Waals surface area (Å²) in [5, 5.41) is 15.5. The topological polar surface area (TPSA) is 72.7 Å². The zero-order valence-electron chi connectivity index (χ0n) is 12.6. The molecule has 0 saturated carbocycles. The number of halogens is 1. The number of benzene rings is 1. The normalized spacial score (nSPS) is 10.6. The van der Waals surface area contributed by atoms with E-state index < -0.39 is 0 Å². The molecule has 1 N–H and O–H groups in total. The highest BCUT2D eigenvalue weighted by atomic mass is 35.5. The molecule has 1 aromatic carbocycles. The van der Waals surface area contributed by atoms with Crippen molar-refractivity contribution in [3.8, 4) is 11.4 Å². The summed E-state index contributed by atoms with van der Waals surface area (Å²) in [6.07, 6.45) is 4.52. The maximum atomic E-state index is 11.8. The van der Waals surface area contributed by atoms with E-state index in [0.717, 1.165) is 18.4 Å². The smallest absolute Gasteiger partial charge is 0.243 e. The molecule has 0 aliphatic heterocycles. The number of carbonyl (C=O) groups is 1. The molecule has 0 fully saturated rings. The zero-order chi connectivity index (χ0) is 15.8. The molecule has 0 spiro atoms. The van der Waals surface area contributed by atoms with E-state index in [1.807, 2.05) is 12.1 Å². The predicted molar refractivity (Wildman–Crippen MR) is 85.4 cm³/mol. The Morgan fingerprint density at radius 2 is 2.18 bits per heavy atom. The molecule has 0 atom stereocenters. The maximum absolute atomic E-state index is 11.8. The number of rotatable bonds is 8. The highest BCUT2D eigenvalue weighted by Crippen LogP contribution is 2.18. The molecule has 6 nitrogen and oxygen atoms in total. The molecule has 0 bridgehead atoms. The third-order valence-electron chi connectivity index (χ3n) is 3.17. The Labute approximate surface area is 134 Å². The lowest BCUT2D eigenvalue weighted by atomic mass is 10.2. The van der Waals surface area contributed by atoms with Gasteiger partial charge in [-0.2, -0.15) is 4.80 Å². The quantitative estimate of drug-likeness (QED) is 0.759. The molecule has 1 amide bonds. The fourth-order valence-corrected chi connectivity index (χ4v) is 2.21. The summed E-state index contributed by atoms with van der Waals surface area (Å²) in [5.74, 6) is 0.352. The largest absolute Gasteiger partial charge is 0.354 e. The lowest BCUT2D eigenvalue weighted by molar-refractivity contribution is -0.122. The second-order valence-corrected chi connectivity index (χ2v) is 5.50. The molecule has 0 aliphatic carbocycles. The molecule has 22 heavy (non-hydrogen) atoms. The molecule has 0 aliphatic rings. The minimum Gasteiger partial charge on any atom is -0.354 e. The van der Waals surface area contributed by atoms with Gasteiger partial charge in [0.2, 0.25) is 11.7 Å². The van der Waals surface area contributed by atoms with Gasteiger partial charge in [-0.25, -0.2) is 0 Å². The Balaban J connectivity index is 1.83. The summed E-state index contributed by atoms with van der Waals surface area (Å²) in [7, 11) is 0. The van der Waals surface area contributed by atoms with Crippen LogP contribution in [0.2, 0.25) is 5.02 Å². The first-order chi connectivity index (χ1) is 10.7. The fraction of sp³-hybridized carbons (Fsp3) is 0.467. The first-order valence-corrected chi connectivity index (χ1v) is 7.87. The summed E-state index contributed by atoms with van der Waals surface area (Å²) in [6, 6.07) is 7.21. The van der Waals surface area contributed by atoms with Gasteiger partial charge in [-0.1, -0.05) is 49.9 Å². The van der Waals surface area contributed by atoms with E-state index in [1.165, 1.54) is 17.6 Å². The number of tetrazole rings is 1. The van der Waals surface area contributed by atoms with Gasteiger partial charge in [0.1, 0.15) is 6.54 Å². The summed E-state index contributed by atoms with van der Waals surface area (Å²) >= 11 is 5.93. The number of aromatic nitrogens is 4. The van der Waals surface area contributed by atoms with Crippen LogP contribution in [0, 0.1) is 0 Å². The van der Waals surface area contributed by atoms with Crippen LogP contribution in [0.5, 0.6) is 0 Å². The Kier molecular flexibility index (Phi) is 6.33. The summed E-state index contributed by atoms with van der Waals surface area (Å²) in [5.41, 5.74) is 0.777. The average Bonchev–Trinajstić information content (AvgIpc) is 2.95. The van der Waals surface area contributed by atoms with Gasteiger partial charge in [0.25, 0.3) is 0 Å². The van der Waals surface area contributed by atoms with Gasteiger partial charge in [-0.15, -0.1) is 10.2 Å². The van der Waals surface area contributed by atoms with Crippen molar-refractivity contribution in [2.24, 2.45) is 0 Å². The van der Waals surface area contributed by atoms with Crippen molar-refractivity contribution >= 4 is 17.5 Å². The first-order valence-electron chi connectivity index (χ1n) is 7.49. The molecular formula is C15H20ClN5O. The van der Waals surface area contributed by atoms with Crippen LogP contribution < -0.4 is 5.32 Å². The van der Waals surface area contributed by atoms with Crippen LogP contribution in [0.1, 0.15) is 32.6 Å². The molecule has 2 rings (SSSR count). The second kappa shape index (κ2) is 8.48. The minimum absolute atomic E-state index is 0.0708. The Hall–Kier alpha value is -1.95. The van der Waals surface area contributed by atoms with E-state index in [0.29, 0.717) is 17.4 Å². The predicted octanol–water partition coefficient (Wildman–Crippen LogP) is 2.69. The van der Waals surface area contributed by atoms with E-state index in [4.69, 9.17) is 11.6 Å². The van der Waals surface area contributed by atoms with Gasteiger partial charge in [0.05, 0.1) is 0 Å². The number of hydrogen-bond donors (Lipinski definition) is 1. The van der Waals surface area contributed by atoms with Crippen LogP contribution in [-0.2, 0) is 11.3 Å². The van der Waals surface area contributed by atoms with Crippen LogP contribution >= 0.6 is 11.6 Å². The van der Waals surface area contributed by atoms with Crippen molar-refractivity contribution in [3.05, 3.63) is 29.3 Å². The molecule has 0 saturated heterocycles. The van der Waals surface area contributed by atoms with Gasteiger partial charge >= 0.3 is 0 Å². The third kappa shape index (κ3) is 5.11. The van der Waals surface area contributed by atoms with Crippen LogP contribution in [0.4, 0.5) is 0 Å². The summed E-state index contributed by atoms with van der Waals surface area (Å²) < 4.78 is 0. The molecule has 0 radical (unpaired) electrons. The van der Waals surface area contributed by atoms with Gasteiger partial charge < -0.3 is 5.32 Å². The van der Waals surface area contributed by atoms with Crippen LogP contribution in [0.25, 0.3) is 11.4 Å². The first kappa shape index (κ1) is 16.4. The van der Waals surface area contributed by atoms with E-state index in [1.54, 1.807) is 12.1 Å². The number of amides is 1. The van der Waals surface area contributed by atoms with Crippen LogP contribution in [0.3, 0.4) is 0 Å². The van der Waals surface area contributed by atoms with Crippen LogP contribution in [-0.4, -0.2) is 32.7 Å². The van der Waals surface area contributed by atoms with Crippen molar-refractivity contribution in [1.82, 2.24) is 25.5 Å². The zero-order valence-corrected chi connectivity index (χ0v) is 13.4. The Bertz CT molecular complexity index is 613. The summed E-state index contributed by atoms with van der Waals surface area (Å²) in [6.45, 7) is 2.92. The van der Waals surface area contributed by atoms with Crippen molar-refractivity contribution in [2.45, 2.75) is 39.2 Å². The molecule has 2 aromatic rings. The molecule has 118 valence electrons. The van der Waals surface area contributed by atoms with Crippen LogP contribution in [0.15, 0.2) is 24.3 Å². The van der Waals surface area contributed by atoms with E-state index >= 15 is 0 Å². The third-order valence-corrected chi connectivity index (χ3v) is 3.41. The number of nitrogens with zero attached hydrogens (tertiary/aromatic N) is 4. The average molecular weight is 322 g/mol. The molecule has 1 aromatic heterocycles. The highest BCUT2D eigenvalue weighted by Gasteiger charge is 2.09. The number of hydrogen-bond acceptors (Lipinski definition) is 4. The second-order valence-electron chi connectivity index (χ2n) is 5.06. The number of unbranched alkanes of at least 4 members (excludes halogenated alkanes) is 3. The minimum atomic E-state index is -0.105. The monoisotopic (exact) mass is 321 g/mol. The number of nitrogens with one attached hydrogen (secondary N) is 1. The lowest BCUT2D eigenvalue weighted by Gasteiger charge is -2.03. The van der Waals surface area contributed by atoms with Gasteiger partial charge in [0, 0.05) is 17.1 Å². The SMILES string of the molecule is CCCCCCNC(=O)Cn1nnc(-c2cccc(Cl)c2)n1. The molecule has 7 heteroatoms. The van der Waals surface area contributed by atoms with E-state index in [-0.39, 0.29) is 12.5 Å². The van der Waals surface area contributed by atoms with Gasteiger partial charge in [-0.3, -0.25) is 4.79 Å². The van der Waals surface area contributed by atoms with Crippen molar-refractivity contribution in [3.63, 3.8) is 0 Å². The van der Waals surface area contributed by atoms with E-state index in [9.17, 15) is 4.79 Å². The van der Waals surface area contributed by atoms with Crippen molar-refractivity contribution in [1.29, 1.82) is 0 Å². The lowest BCUT2D eigenvalue weighted by Crippen LogP contribution is -2.29. The molecule has 0 unspecified atom stereocenters. The highest BCUT2D eigenvalue weighted by molar-refractivity contribution is 6.30. The Morgan fingerprint density at radius 1 is 1.32 bits per heavy atom. The van der Waals surface area contributed by atoms with Gasteiger partial charge in [-0.05, 0) is 23.8 Å². The van der Waals surface area contributed by atoms with E-state index in [2.05, 4.69) is 27.7 Å². The fourth-order valence-electron chi connectivity index (χ4n) is 2.02. The Morgan fingerprint density at radius 3 is 2.95 bits per heavy atom. The molecule has 1 heterocycles. The number of carbonyl (C=O) groups excluding carboxylic acids is 1. The van der Waals surface area contributed by atoms with Crippen molar-refractivity contribution in [2.75, 3.05) is 6.54 Å². The van der Waals surface area contributed by atoms with Gasteiger partial charge in [0.15, 0.2) is 0 Å². The summed E-state index contributed by atoms with van der Waals surface area (Å²) in [4.78, 5) is 13.1. The van der Waals surface area contributed by atoms with Crippen molar-refractivity contribution < 1.29 is 4.79 Å².